The molecule has 3 heterocycles. The number of aromatic amines is 1. The van der Waals surface area contributed by atoms with Gasteiger partial charge in [-0.2, -0.15) is 0 Å². The van der Waals surface area contributed by atoms with Crippen molar-refractivity contribution < 1.29 is 0 Å². The normalized spacial score (nSPS) is 20.1. The van der Waals surface area contributed by atoms with Crippen LogP contribution < -0.4 is 10.6 Å². The SMILES string of the molecule is NC1CCCN(c2ncc(-c3ccc[nH]3)cn2)C1. The van der Waals surface area contributed by atoms with Crippen LogP contribution in [0.5, 0.6) is 0 Å². The molecular formula is C13H17N5. The molecule has 0 aliphatic carbocycles. The third-order valence-corrected chi connectivity index (χ3v) is 3.29. The number of rotatable bonds is 2. The number of hydrogen-bond donors (Lipinski definition) is 2. The minimum atomic E-state index is 0.241. The van der Waals surface area contributed by atoms with Gasteiger partial charge in [-0.3, -0.25) is 0 Å². The minimum absolute atomic E-state index is 0.241. The average Bonchev–Trinajstić information content (AvgIpc) is 2.93. The lowest BCUT2D eigenvalue weighted by atomic mass is 10.1. The van der Waals surface area contributed by atoms with Gasteiger partial charge in [-0.05, 0) is 25.0 Å². The Morgan fingerprint density at radius 1 is 1.33 bits per heavy atom. The van der Waals surface area contributed by atoms with Gasteiger partial charge in [-0.1, -0.05) is 0 Å². The number of piperidine rings is 1. The van der Waals surface area contributed by atoms with Gasteiger partial charge < -0.3 is 15.6 Å². The van der Waals surface area contributed by atoms with Crippen molar-refractivity contribution in [3.8, 4) is 11.3 Å². The van der Waals surface area contributed by atoms with E-state index in [0.717, 1.165) is 43.1 Å². The number of nitrogens with two attached hydrogens (primary N) is 1. The van der Waals surface area contributed by atoms with Crippen molar-refractivity contribution >= 4 is 5.95 Å². The lowest BCUT2D eigenvalue weighted by Gasteiger charge is -2.30. The van der Waals surface area contributed by atoms with Crippen LogP contribution in [-0.4, -0.2) is 34.1 Å². The highest BCUT2D eigenvalue weighted by Gasteiger charge is 2.18. The van der Waals surface area contributed by atoms with Gasteiger partial charge in [0.15, 0.2) is 0 Å². The molecule has 5 nitrogen and oxygen atoms in total. The van der Waals surface area contributed by atoms with Crippen LogP contribution in [0, 0.1) is 0 Å². The summed E-state index contributed by atoms with van der Waals surface area (Å²) in [5.41, 5.74) is 8.01. The highest BCUT2D eigenvalue weighted by Crippen LogP contribution is 2.18. The van der Waals surface area contributed by atoms with Crippen LogP contribution in [0.15, 0.2) is 30.7 Å². The molecule has 1 atom stereocenters. The molecule has 1 fully saturated rings. The molecule has 0 spiro atoms. The molecule has 94 valence electrons. The second-order valence-electron chi connectivity index (χ2n) is 4.70. The molecule has 5 heteroatoms. The molecule has 0 aromatic carbocycles. The standard InChI is InChI=1S/C13H17N5/c14-11-3-2-6-18(9-11)13-16-7-10(8-17-13)12-4-1-5-15-12/h1,4-5,7-8,11,15H,2-3,6,9,14H2. The molecule has 0 amide bonds. The summed E-state index contributed by atoms with van der Waals surface area (Å²) in [7, 11) is 0. The quantitative estimate of drug-likeness (QED) is 0.836. The van der Waals surface area contributed by atoms with Crippen LogP contribution in [-0.2, 0) is 0 Å². The van der Waals surface area contributed by atoms with Gasteiger partial charge in [-0.15, -0.1) is 0 Å². The van der Waals surface area contributed by atoms with E-state index in [9.17, 15) is 0 Å². The van der Waals surface area contributed by atoms with E-state index in [2.05, 4.69) is 19.9 Å². The summed E-state index contributed by atoms with van der Waals surface area (Å²) in [6.45, 7) is 1.84. The number of nitrogens with zero attached hydrogens (tertiary/aromatic N) is 3. The van der Waals surface area contributed by atoms with Gasteiger partial charge in [0.1, 0.15) is 0 Å². The van der Waals surface area contributed by atoms with Crippen molar-refractivity contribution in [2.75, 3.05) is 18.0 Å². The van der Waals surface area contributed by atoms with Crippen molar-refractivity contribution in [1.82, 2.24) is 15.0 Å². The van der Waals surface area contributed by atoms with E-state index >= 15 is 0 Å². The predicted octanol–water partition coefficient (Wildman–Crippen LogP) is 1.40. The Bertz CT molecular complexity index is 491. The summed E-state index contributed by atoms with van der Waals surface area (Å²) >= 11 is 0. The lowest BCUT2D eigenvalue weighted by molar-refractivity contribution is 0.500. The van der Waals surface area contributed by atoms with E-state index in [1.165, 1.54) is 0 Å². The number of hydrogen-bond acceptors (Lipinski definition) is 4. The van der Waals surface area contributed by atoms with Crippen LogP contribution in [0.25, 0.3) is 11.3 Å². The Hall–Kier alpha value is -1.88. The molecule has 1 aliphatic rings. The first kappa shape index (κ1) is 11.2. The van der Waals surface area contributed by atoms with Crippen molar-refractivity contribution in [3.05, 3.63) is 30.7 Å². The van der Waals surface area contributed by atoms with Gasteiger partial charge in [0.25, 0.3) is 0 Å². The Labute approximate surface area is 106 Å². The van der Waals surface area contributed by atoms with Crippen molar-refractivity contribution in [3.63, 3.8) is 0 Å². The van der Waals surface area contributed by atoms with Crippen LogP contribution in [0.3, 0.4) is 0 Å². The number of nitrogens with one attached hydrogen (secondary N) is 1. The zero-order chi connectivity index (χ0) is 12.4. The summed E-state index contributed by atoms with van der Waals surface area (Å²) in [5.74, 6) is 0.778. The van der Waals surface area contributed by atoms with E-state index in [0.29, 0.717) is 0 Å². The Balaban J connectivity index is 1.78. The van der Waals surface area contributed by atoms with Gasteiger partial charge in [0, 0.05) is 49.0 Å². The highest BCUT2D eigenvalue weighted by molar-refractivity contribution is 5.57. The Kier molecular flexibility index (Phi) is 2.98. The third-order valence-electron chi connectivity index (χ3n) is 3.29. The molecule has 18 heavy (non-hydrogen) atoms. The first-order valence-corrected chi connectivity index (χ1v) is 6.29. The molecule has 2 aromatic rings. The molecule has 1 saturated heterocycles. The summed E-state index contributed by atoms with van der Waals surface area (Å²) in [5, 5.41) is 0. The summed E-state index contributed by atoms with van der Waals surface area (Å²) in [6.07, 6.45) is 7.81. The van der Waals surface area contributed by atoms with Gasteiger partial charge in [0.05, 0.1) is 0 Å². The van der Waals surface area contributed by atoms with Crippen LogP contribution in [0.2, 0.25) is 0 Å². The van der Waals surface area contributed by atoms with Gasteiger partial charge >= 0.3 is 0 Å². The lowest BCUT2D eigenvalue weighted by Crippen LogP contribution is -2.43. The molecule has 1 unspecified atom stereocenters. The van der Waals surface area contributed by atoms with E-state index in [4.69, 9.17) is 5.73 Å². The van der Waals surface area contributed by atoms with E-state index in [1.807, 2.05) is 30.7 Å². The minimum Gasteiger partial charge on any atom is -0.361 e. The maximum atomic E-state index is 5.97. The maximum Gasteiger partial charge on any atom is 0.225 e. The zero-order valence-corrected chi connectivity index (χ0v) is 10.2. The molecule has 1 aliphatic heterocycles. The van der Waals surface area contributed by atoms with Crippen molar-refractivity contribution in [1.29, 1.82) is 0 Å². The molecule has 3 rings (SSSR count). The number of H-pyrrole nitrogens is 1. The monoisotopic (exact) mass is 243 g/mol. The highest BCUT2D eigenvalue weighted by atomic mass is 15.3. The fourth-order valence-electron chi connectivity index (χ4n) is 2.33. The van der Waals surface area contributed by atoms with Gasteiger partial charge in [0.2, 0.25) is 5.95 Å². The number of aromatic nitrogens is 3. The largest absolute Gasteiger partial charge is 0.361 e. The second-order valence-corrected chi connectivity index (χ2v) is 4.70. The van der Waals surface area contributed by atoms with Crippen molar-refractivity contribution in [2.45, 2.75) is 18.9 Å². The predicted molar refractivity (Wildman–Crippen MR) is 71.2 cm³/mol. The molecule has 0 bridgehead atoms. The molecule has 0 radical (unpaired) electrons. The molecule has 2 aromatic heterocycles. The molecule has 0 saturated carbocycles. The topological polar surface area (TPSA) is 70.8 Å². The fourth-order valence-corrected chi connectivity index (χ4v) is 2.33. The maximum absolute atomic E-state index is 5.97. The fraction of sp³-hybridized carbons (Fsp3) is 0.385. The Morgan fingerprint density at radius 3 is 2.83 bits per heavy atom. The van der Waals surface area contributed by atoms with Gasteiger partial charge in [-0.25, -0.2) is 9.97 Å². The molecular weight excluding hydrogens is 226 g/mol. The third kappa shape index (κ3) is 2.22. The Morgan fingerprint density at radius 2 is 2.17 bits per heavy atom. The van der Waals surface area contributed by atoms with Crippen LogP contribution >= 0.6 is 0 Å². The average molecular weight is 243 g/mol. The van der Waals surface area contributed by atoms with E-state index < -0.39 is 0 Å². The number of anilines is 1. The van der Waals surface area contributed by atoms with E-state index in [1.54, 1.807) is 0 Å². The van der Waals surface area contributed by atoms with Crippen molar-refractivity contribution in [2.24, 2.45) is 5.73 Å². The summed E-state index contributed by atoms with van der Waals surface area (Å²) < 4.78 is 0. The van der Waals surface area contributed by atoms with E-state index in [-0.39, 0.29) is 6.04 Å². The first-order chi connectivity index (χ1) is 8.83. The summed E-state index contributed by atoms with van der Waals surface area (Å²) in [4.78, 5) is 14.2. The molecule has 3 N–H and O–H groups in total. The van der Waals surface area contributed by atoms with Crippen LogP contribution in [0.4, 0.5) is 5.95 Å². The first-order valence-electron chi connectivity index (χ1n) is 6.29. The zero-order valence-electron chi connectivity index (χ0n) is 10.2. The second kappa shape index (κ2) is 4.78. The van der Waals surface area contributed by atoms with Crippen LogP contribution in [0.1, 0.15) is 12.8 Å². The smallest absolute Gasteiger partial charge is 0.225 e. The summed E-state index contributed by atoms with van der Waals surface area (Å²) in [6, 6.07) is 4.22.